The smallest absolute Gasteiger partial charge is 0.213 e. The molecule has 1 N–H and O–H groups in total. The lowest BCUT2D eigenvalue weighted by molar-refractivity contribution is 0.130. The first-order valence-corrected chi connectivity index (χ1v) is 8.09. The molecule has 1 aromatic rings. The van der Waals surface area contributed by atoms with Gasteiger partial charge in [0.2, 0.25) is 5.88 Å². The summed E-state index contributed by atoms with van der Waals surface area (Å²) in [5.41, 5.74) is 0.877. The lowest BCUT2D eigenvalue weighted by Crippen LogP contribution is -2.23. The highest BCUT2D eigenvalue weighted by atomic mass is 35.5. The van der Waals surface area contributed by atoms with Crippen molar-refractivity contribution in [3.63, 3.8) is 0 Å². The molecule has 3 nitrogen and oxygen atoms in total. The van der Waals surface area contributed by atoms with Crippen LogP contribution in [0.15, 0.2) is 12.1 Å². The van der Waals surface area contributed by atoms with E-state index in [0.29, 0.717) is 23.6 Å². The normalized spacial score (nSPS) is 22.8. The summed E-state index contributed by atoms with van der Waals surface area (Å²) >= 11 is 6.18. The zero-order chi connectivity index (χ0) is 14.4. The summed E-state index contributed by atoms with van der Waals surface area (Å²) in [5, 5.41) is 4.03. The molecule has 0 unspecified atom stereocenters. The van der Waals surface area contributed by atoms with Crippen LogP contribution in [0.3, 0.4) is 0 Å². The lowest BCUT2D eigenvalue weighted by atomic mass is 9.89. The minimum Gasteiger partial charge on any atom is -0.474 e. The van der Waals surface area contributed by atoms with Crippen molar-refractivity contribution >= 4 is 11.6 Å². The molecule has 0 bridgehead atoms. The molecule has 2 rings (SSSR count). The van der Waals surface area contributed by atoms with Gasteiger partial charge in [0.05, 0.1) is 10.7 Å². The van der Waals surface area contributed by atoms with Crippen molar-refractivity contribution in [2.24, 2.45) is 5.92 Å². The molecule has 1 aliphatic rings. The maximum atomic E-state index is 6.18. The van der Waals surface area contributed by atoms with Crippen molar-refractivity contribution in [1.29, 1.82) is 0 Å². The van der Waals surface area contributed by atoms with Gasteiger partial charge in [-0.25, -0.2) is 4.98 Å². The number of pyridine rings is 1. The van der Waals surface area contributed by atoms with Crippen molar-refractivity contribution in [2.45, 2.75) is 58.6 Å². The highest BCUT2D eigenvalue weighted by molar-refractivity contribution is 6.31. The summed E-state index contributed by atoms with van der Waals surface area (Å²) in [7, 11) is 0. The van der Waals surface area contributed by atoms with Gasteiger partial charge in [-0.05, 0) is 50.6 Å². The van der Waals surface area contributed by atoms with Gasteiger partial charge in [-0.2, -0.15) is 0 Å². The fourth-order valence-corrected chi connectivity index (χ4v) is 2.73. The largest absolute Gasteiger partial charge is 0.474 e. The van der Waals surface area contributed by atoms with Crippen LogP contribution < -0.4 is 10.1 Å². The summed E-state index contributed by atoms with van der Waals surface area (Å²) < 4.78 is 6.01. The third-order valence-corrected chi connectivity index (χ3v) is 4.21. The Hall–Kier alpha value is -0.800. The summed E-state index contributed by atoms with van der Waals surface area (Å²) in [4.78, 5) is 4.54. The molecule has 112 valence electrons. The minimum atomic E-state index is 0.316. The third kappa shape index (κ3) is 4.64. The molecule has 20 heavy (non-hydrogen) atoms. The van der Waals surface area contributed by atoms with E-state index in [1.165, 1.54) is 12.8 Å². The van der Waals surface area contributed by atoms with E-state index in [0.717, 1.165) is 37.4 Å². The molecule has 1 heterocycles. The monoisotopic (exact) mass is 296 g/mol. The fraction of sp³-hybridized carbons (Fsp3) is 0.688. The van der Waals surface area contributed by atoms with E-state index in [2.05, 4.69) is 24.1 Å². The van der Waals surface area contributed by atoms with Crippen LogP contribution in [0.5, 0.6) is 5.88 Å². The number of rotatable bonds is 6. The SMILES string of the molecule is CCCNCc1nc(OC2CCC(C)CC2)ccc1Cl. The van der Waals surface area contributed by atoms with E-state index in [-0.39, 0.29) is 0 Å². The zero-order valence-electron chi connectivity index (χ0n) is 12.5. The van der Waals surface area contributed by atoms with Crippen molar-refractivity contribution < 1.29 is 4.74 Å². The van der Waals surface area contributed by atoms with Crippen molar-refractivity contribution in [1.82, 2.24) is 10.3 Å². The van der Waals surface area contributed by atoms with Crippen LogP contribution in [0, 0.1) is 5.92 Å². The zero-order valence-corrected chi connectivity index (χ0v) is 13.2. The summed E-state index contributed by atoms with van der Waals surface area (Å²) in [6.07, 6.45) is 6.20. The van der Waals surface area contributed by atoms with E-state index in [1.807, 2.05) is 12.1 Å². The molecule has 0 amide bonds. The summed E-state index contributed by atoms with van der Waals surface area (Å²) in [5.74, 6) is 1.55. The van der Waals surface area contributed by atoms with Gasteiger partial charge < -0.3 is 10.1 Å². The Morgan fingerprint density at radius 3 is 2.75 bits per heavy atom. The number of ether oxygens (including phenoxy) is 1. The Kier molecular flexibility index (Phi) is 6.11. The number of halogens is 1. The van der Waals surface area contributed by atoms with E-state index in [4.69, 9.17) is 16.3 Å². The van der Waals surface area contributed by atoms with Crippen LogP contribution in [0.25, 0.3) is 0 Å². The number of hydrogen-bond donors (Lipinski definition) is 1. The predicted octanol–water partition coefficient (Wildman–Crippen LogP) is 4.19. The second-order valence-corrected chi connectivity index (χ2v) is 6.16. The van der Waals surface area contributed by atoms with Crippen molar-refractivity contribution in [3.05, 3.63) is 22.8 Å². The first-order chi connectivity index (χ1) is 9.69. The van der Waals surface area contributed by atoms with Crippen molar-refractivity contribution in [2.75, 3.05) is 6.54 Å². The van der Waals surface area contributed by atoms with Gasteiger partial charge in [0, 0.05) is 12.6 Å². The fourth-order valence-electron chi connectivity index (χ4n) is 2.56. The van der Waals surface area contributed by atoms with E-state index >= 15 is 0 Å². The number of nitrogens with one attached hydrogen (secondary N) is 1. The van der Waals surface area contributed by atoms with E-state index in [1.54, 1.807) is 0 Å². The van der Waals surface area contributed by atoms with Gasteiger partial charge in [-0.3, -0.25) is 0 Å². The number of aromatic nitrogens is 1. The first kappa shape index (κ1) is 15.6. The Morgan fingerprint density at radius 1 is 1.30 bits per heavy atom. The van der Waals surface area contributed by atoms with Crippen molar-refractivity contribution in [3.8, 4) is 5.88 Å². The van der Waals surface area contributed by atoms with Crippen LogP contribution in [0.4, 0.5) is 0 Å². The molecule has 0 aromatic carbocycles. The van der Waals surface area contributed by atoms with Gasteiger partial charge >= 0.3 is 0 Å². The van der Waals surface area contributed by atoms with Crippen LogP contribution >= 0.6 is 11.6 Å². The quantitative estimate of drug-likeness (QED) is 0.799. The molecule has 0 spiro atoms. The third-order valence-electron chi connectivity index (χ3n) is 3.86. The highest BCUT2D eigenvalue weighted by Crippen LogP contribution is 2.27. The van der Waals surface area contributed by atoms with Gasteiger partial charge in [-0.15, -0.1) is 0 Å². The molecule has 1 saturated carbocycles. The van der Waals surface area contributed by atoms with Gasteiger partial charge in [0.25, 0.3) is 0 Å². The Balaban J connectivity index is 1.92. The van der Waals surface area contributed by atoms with Crippen LogP contribution in [-0.2, 0) is 6.54 Å². The lowest BCUT2D eigenvalue weighted by Gasteiger charge is -2.26. The molecule has 1 fully saturated rings. The van der Waals surface area contributed by atoms with Crippen LogP contribution in [0.2, 0.25) is 5.02 Å². The Labute approximate surface area is 127 Å². The van der Waals surface area contributed by atoms with E-state index in [9.17, 15) is 0 Å². The molecule has 1 aromatic heterocycles. The van der Waals surface area contributed by atoms with Crippen LogP contribution in [-0.4, -0.2) is 17.6 Å². The number of hydrogen-bond acceptors (Lipinski definition) is 3. The predicted molar refractivity (Wildman–Crippen MR) is 83.3 cm³/mol. The summed E-state index contributed by atoms with van der Waals surface area (Å²) in [6.45, 7) is 6.13. The van der Waals surface area contributed by atoms with Crippen LogP contribution in [0.1, 0.15) is 51.6 Å². The molecule has 0 aliphatic heterocycles. The Bertz CT molecular complexity index is 417. The molecular weight excluding hydrogens is 272 g/mol. The summed E-state index contributed by atoms with van der Waals surface area (Å²) in [6, 6.07) is 3.77. The first-order valence-electron chi connectivity index (χ1n) is 7.71. The average molecular weight is 297 g/mol. The highest BCUT2D eigenvalue weighted by Gasteiger charge is 2.20. The molecule has 0 radical (unpaired) electrons. The van der Waals surface area contributed by atoms with Gasteiger partial charge in [0.1, 0.15) is 6.10 Å². The molecule has 4 heteroatoms. The topological polar surface area (TPSA) is 34.2 Å². The second-order valence-electron chi connectivity index (χ2n) is 5.75. The molecule has 0 saturated heterocycles. The molecular formula is C16H25ClN2O. The van der Waals surface area contributed by atoms with Gasteiger partial charge in [0.15, 0.2) is 0 Å². The molecule has 1 aliphatic carbocycles. The maximum absolute atomic E-state index is 6.18. The minimum absolute atomic E-state index is 0.316. The second kappa shape index (κ2) is 7.84. The van der Waals surface area contributed by atoms with E-state index < -0.39 is 0 Å². The molecule has 0 atom stereocenters. The average Bonchev–Trinajstić information content (AvgIpc) is 2.45. The number of nitrogens with zero attached hydrogens (tertiary/aromatic N) is 1. The Morgan fingerprint density at radius 2 is 2.05 bits per heavy atom. The standard InChI is InChI=1S/C16H25ClN2O/c1-3-10-18-11-15-14(17)8-9-16(19-15)20-13-6-4-12(2)5-7-13/h8-9,12-13,18H,3-7,10-11H2,1-2H3. The van der Waals surface area contributed by atoms with Gasteiger partial charge in [-0.1, -0.05) is 25.4 Å². The maximum Gasteiger partial charge on any atom is 0.213 e.